The predicted molar refractivity (Wildman–Crippen MR) is 92.1 cm³/mol. The van der Waals surface area contributed by atoms with Gasteiger partial charge in [-0.1, -0.05) is 0 Å². The normalized spacial score (nSPS) is 26.3. The van der Waals surface area contributed by atoms with Gasteiger partial charge in [0.2, 0.25) is 17.7 Å². The maximum atomic E-state index is 12.8. The largest absolute Gasteiger partial charge is 0.522 e. The number of carbonyl (C=O) groups is 4. The van der Waals surface area contributed by atoms with Crippen LogP contribution >= 0.6 is 0 Å². The van der Waals surface area contributed by atoms with Crippen LogP contribution in [0.25, 0.3) is 0 Å². The van der Waals surface area contributed by atoms with Crippen molar-refractivity contribution in [2.75, 3.05) is 19.7 Å². The van der Waals surface area contributed by atoms with Crippen molar-refractivity contribution in [1.29, 1.82) is 0 Å². The molecule has 29 heavy (non-hydrogen) atoms. The molecule has 11 heteroatoms. The van der Waals surface area contributed by atoms with Crippen molar-refractivity contribution >= 4 is 23.5 Å². The first kappa shape index (κ1) is 21.5. The van der Waals surface area contributed by atoms with E-state index in [4.69, 9.17) is 0 Å². The number of carbonyl (C=O) groups excluding carboxylic acids is 4. The highest BCUT2D eigenvalue weighted by Crippen LogP contribution is 2.54. The fourth-order valence-corrected chi connectivity index (χ4v) is 4.11. The third-order valence-electron chi connectivity index (χ3n) is 5.94. The molecule has 3 atom stereocenters. The molecule has 0 bridgehead atoms. The fraction of sp³-hybridized carbons (Fsp3) is 0.778. The van der Waals surface area contributed by atoms with Crippen LogP contribution in [0.2, 0.25) is 0 Å². The Kier molecular flexibility index (Phi) is 5.88. The molecule has 2 heterocycles. The third kappa shape index (κ3) is 5.26. The number of halogens is 3. The van der Waals surface area contributed by atoms with Crippen molar-refractivity contribution in [3.8, 4) is 0 Å². The van der Waals surface area contributed by atoms with Gasteiger partial charge in [0.25, 0.3) is 0 Å². The number of likely N-dealkylation sites (tertiary alicyclic amines) is 1. The summed E-state index contributed by atoms with van der Waals surface area (Å²) in [5.74, 6) is -2.72. The molecule has 3 amide bonds. The van der Waals surface area contributed by atoms with Crippen LogP contribution in [0.1, 0.15) is 39.0 Å². The fourth-order valence-electron chi connectivity index (χ4n) is 4.11. The molecule has 0 radical (unpaired) electrons. The molecule has 0 aromatic rings. The molecule has 0 aromatic heterocycles. The number of ketones is 1. The van der Waals surface area contributed by atoms with Gasteiger partial charge < -0.3 is 15.5 Å². The third-order valence-corrected chi connectivity index (χ3v) is 5.94. The Morgan fingerprint density at radius 1 is 1.34 bits per heavy atom. The number of alkyl halides is 3. The topological polar surface area (TPSA) is 105 Å². The van der Waals surface area contributed by atoms with Gasteiger partial charge in [-0.15, -0.1) is 13.2 Å². The molecule has 2 unspecified atom stereocenters. The molecule has 1 spiro atoms. The maximum absolute atomic E-state index is 12.8. The second-order valence-corrected chi connectivity index (χ2v) is 8.14. The van der Waals surface area contributed by atoms with Crippen molar-refractivity contribution in [3.05, 3.63) is 0 Å². The van der Waals surface area contributed by atoms with E-state index in [0.717, 1.165) is 12.8 Å². The van der Waals surface area contributed by atoms with E-state index in [-0.39, 0.29) is 23.7 Å². The number of Topliss-reactive ketones (excluding diaryl/α,β-unsaturated/α-hetero) is 1. The number of rotatable bonds is 7. The van der Waals surface area contributed by atoms with Crippen LogP contribution < -0.4 is 10.6 Å². The first-order valence-corrected chi connectivity index (χ1v) is 9.58. The summed E-state index contributed by atoms with van der Waals surface area (Å²) in [7, 11) is 0. The van der Waals surface area contributed by atoms with Gasteiger partial charge >= 0.3 is 6.36 Å². The summed E-state index contributed by atoms with van der Waals surface area (Å²) in [6.45, 7) is 0.958. The Morgan fingerprint density at radius 3 is 2.55 bits per heavy atom. The molecular formula is C18H24F3N3O5. The van der Waals surface area contributed by atoms with Gasteiger partial charge in [-0.25, -0.2) is 0 Å². The van der Waals surface area contributed by atoms with Gasteiger partial charge in [0.05, 0.1) is 6.04 Å². The van der Waals surface area contributed by atoms with E-state index in [9.17, 15) is 32.3 Å². The average Bonchev–Trinajstić information content (AvgIpc) is 3.07. The molecule has 3 rings (SSSR count). The van der Waals surface area contributed by atoms with Gasteiger partial charge in [0.15, 0.2) is 5.78 Å². The van der Waals surface area contributed by atoms with Gasteiger partial charge in [-0.05, 0) is 37.5 Å². The van der Waals surface area contributed by atoms with Crippen LogP contribution in [0, 0.1) is 11.3 Å². The molecule has 2 aliphatic heterocycles. The second-order valence-electron chi connectivity index (χ2n) is 8.14. The van der Waals surface area contributed by atoms with Gasteiger partial charge in [-0.3, -0.25) is 23.9 Å². The standard InChI is InChI=1S/C18H24F3N3O5/c1-10(25)24-9-17(3-4-17)7-13(24)16(28)23-12(6-11-2-5-22-15(11)27)14(26)8-29-18(19,20)21/h11-13H,2-9H2,1H3,(H,22,27)(H,23,28)/t11?,12?,13-/m0/s1. The monoisotopic (exact) mass is 419 g/mol. The number of ether oxygens (including phenoxy) is 1. The SMILES string of the molecule is CC(=O)N1CC2(CC2)C[C@H]1C(=O)NC(CC1CCNC1=O)C(=O)COC(F)(F)F. The van der Waals surface area contributed by atoms with Crippen LogP contribution in [0.15, 0.2) is 0 Å². The Morgan fingerprint density at radius 2 is 2.03 bits per heavy atom. The minimum atomic E-state index is -4.98. The summed E-state index contributed by atoms with van der Waals surface area (Å²) in [5.41, 5.74) is -0.0715. The van der Waals surface area contributed by atoms with Gasteiger partial charge in [-0.2, -0.15) is 0 Å². The molecule has 3 fully saturated rings. The molecule has 3 aliphatic rings. The van der Waals surface area contributed by atoms with Gasteiger partial charge in [0, 0.05) is 25.9 Å². The van der Waals surface area contributed by atoms with E-state index in [1.54, 1.807) is 0 Å². The lowest BCUT2D eigenvalue weighted by Crippen LogP contribution is -2.52. The predicted octanol–water partition coefficient (Wildman–Crippen LogP) is 0.504. The second kappa shape index (κ2) is 7.92. The minimum Gasteiger partial charge on any atom is -0.356 e. The smallest absolute Gasteiger partial charge is 0.356 e. The number of hydrogen-bond acceptors (Lipinski definition) is 5. The molecule has 2 saturated heterocycles. The lowest BCUT2D eigenvalue weighted by molar-refractivity contribution is -0.321. The van der Waals surface area contributed by atoms with E-state index < -0.39 is 42.7 Å². The molecule has 162 valence electrons. The summed E-state index contributed by atoms with van der Waals surface area (Å²) in [6, 6.07) is -2.07. The van der Waals surface area contributed by atoms with Gasteiger partial charge in [0.1, 0.15) is 12.6 Å². The number of hydrogen-bond donors (Lipinski definition) is 2. The summed E-state index contributed by atoms with van der Waals surface area (Å²) in [5, 5.41) is 5.08. The zero-order valence-corrected chi connectivity index (χ0v) is 16.0. The summed E-state index contributed by atoms with van der Waals surface area (Å²) < 4.78 is 40.6. The van der Waals surface area contributed by atoms with E-state index in [2.05, 4.69) is 15.4 Å². The Hall–Kier alpha value is -2.17. The first-order valence-electron chi connectivity index (χ1n) is 9.58. The first-order chi connectivity index (χ1) is 13.5. The lowest BCUT2D eigenvalue weighted by Gasteiger charge is -2.26. The van der Waals surface area contributed by atoms with E-state index in [1.165, 1.54) is 11.8 Å². The summed E-state index contributed by atoms with van der Waals surface area (Å²) in [6.07, 6.45) is -2.40. The summed E-state index contributed by atoms with van der Waals surface area (Å²) >= 11 is 0. The molecule has 8 nitrogen and oxygen atoms in total. The number of nitrogens with one attached hydrogen (secondary N) is 2. The molecule has 2 N–H and O–H groups in total. The quantitative estimate of drug-likeness (QED) is 0.626. The van der Waals surface area contributed by atoms with E-state index in [0.29, 0.717) is 25.9 Å². The lowest BCUT2D eigenvalue weighted by atomic mass is 9.95. The molecular weight excluding hydrogens is 395 g/mol. The number of amides is 3. The number of nitrogens with zero attached hydrogens (tertiary/aromatic N) is 1. The highest BCUT2D eigenvalue weighted by atomic mass is 19.4. The highest BCUT2D eigenvalue weighted by Gasteiger charge is 2.54. The Labute approximate surface area is 165 Å². The molecule has 0 aromatic carbocycles. The van der Waals surface area contributed by atoms with Crippen LogP contribution in [-0.4, -0.2) is 66.5 Å². The van der Waals surface area contributed by atoms with Crippen LogP contribution in [0.4, 0.5) is 13.2 Å². The van der Waals surface area contributed by atoms with Crippen molar-refractivity contribution in [2.45, 2.75) is 57.5 Å². The highest BCUT2D eigenvalue weighted by molar-refractivity contribution is 5.94. The molecule has 1 saturated carbocycles. The van der Waals surface area contributed by atoms with E-state index >= 15 is 0 Å². The molecule has 1 aliphatic carbocycles. The van der Waals surface area contributed by atoms with Crippen LogP contribution in [0.5, 0.6) is 0 Å². The van der Waals surface area contributed by atoms with E-state index in [1.807, 2.05) is 0 Å². The zero-order valence-electron chi connectivity index (χ0n) is 16.0. The summed E-state index contributed by atoms with van der Waals surface area (Å²) in [4.78, 5) is 50.3. The Bertz CT molecular complexity index is 707. The van der Waals surface area contributed by atoms with Crippen LogP contribution in [-0.2, 0) is 23.9 Å². The maximum Gasteiger partial charge on any atom is 0.522 e. The van der Waals surface area contributed by atoms with Crippen molar-refractivity contribution in [2.24, 2.45) is 11.3 Å². The average molecular weight is 419 g/mol. The van der Waals surface area contributed by atoms with Crippen molar-refractivity contribution in [1.82, 2.24) is 15.5 Å². The van der Waals surface area contributed by atoms with Crippen molar-refractivity contribution in [3.63, 3.8) is 0 Å². The Balaban J connectivity index is 1.69. The minimum absolute atomic E-state index is 0.0715. The van der Waals surface area contributed by atoms with Crippen LogP contribution in [0.3, 0.4) is 0 Å². The zero-order chi connectivity index (χ0) is 21.4. The van der Waals surface area contributed by atoms with Crippen molar-refractivity contribution < 1.29 is 37.1 Å².